The van der Waals surface area contributed by atoms with Crippen LogP contribution in [0.2, 0.25) is 0 Å². The van der Waals surface area contributed by atoms with Crippen LogP contribution in [-0.4, -0.2) is 10.9 Å². The van der Waals surface area contributed by atoms with E-state index in [9.17, 15) is 4.79 Å². The number of rotatable bonds is 1. The van der Waals surface area contributed by atoms with E-state index in [1.807, 2.05) is 0 Å². The molecule has 4 N–H and O–H groups in total. The molecule has 5 heteroatoms. The van der Waals surface area contributed by atoms with Crippen molar-refractivity contribution in [2.45, 2.75) is 0 Å². The number of hydrogen-bond donors (Lipinski definition) is 2. The molecule has 0 spiro atoms. The molecule has 0 saturated heterocycles. The Balaban J connectivity index is 0.00000112. The average molecular weight is 224 g/mol. The van der Waals surface area contributed by atoms with Crippen LogP contribution in [0.5, 0.6) is 0 Å². The summed E-state index contributed by atoms with van der Waals surface area (Å²) in [7, 11) is 0. The number of pyridine rings is 1. The Bertz CT molecular complexity index is 513. The van der Waals surface area contributed by atoms with Gasteiger partial charge in [-0.15, -0.1) is 12.4 Å². The van der Waals surface area contributed by atoms with E-state index in [1.165, 1.54) is 0 Å². The molecular formula is C10H10ClN3O. The first-order valence-corrected chi connectivity index (χ1v) is 4.12. The SMILES string of the molecule is Cl.NC(=O)c1ccc2c(N)nccc2c1. The van der Waals surface area contributed by atoms with Gasteiger partial charge in [-0.05, 0) is 29.7 Å². The molecule has 1 aromatic carbocycles. The normalized spacial score (nSPS) is 9.60. The summed E-state index contributed by atoms with van der Waals surface area (Å²) in [5.41, 5.74) is 11.3. The molecular weight excluding hydrogens is 214 g/mol. The van der Waals surface area contributed by atoms with Crippen LogP contribution in [0.15, 0.2) is 30.5 Å². The van der Waals surface area contributed by atoms with Crippen LogP contribution in [0.25, 0.3) is 10.8 Å². The minimum absolute atomic E-state index is 0. The summed E-state index contributed by atoms with van der Waals surface area (Å²) >= 11 is 0. The minimum atomic E-state index is -0.442. The summed E-state index contributed by atoms with van der Waals surface area (Å²) in [6, 6.07) is 6.88. The van der Waals surface area contributed by atoms with Gasteiger partial charge in [0, 0.05) is 17.1 Å². The first-order valence-electron chi connectivity index (χ1n) is 4.12. The summed E-state index contributed by atoms with van der Waals surface area (Å²) in [6.07, 6.45) is 1.60. The fourth-order valence-corrected chi connectivity index (χ4v) is 1.35. The second kappa shape index (κ2) is 4.14. The number of nitrogens with zero attached hydrogens (tertiary/aromatic N) is 1. The third-order valence-electron chi connectivity index (χ3n) is 2.08. The summed E-state index contributed by atoms with van der Waals surface area (Å²) in [6.45, 7) is 0. The topological polar surface area (TPSA) is 82.0 Å². The molecule has 1 heterocycles. The standard InChI is InChI=1S/C10H9N3O.ClH/c11-9-8-2-1-7(10(12)14)5-6(8)3-4-13-9;/h1-5H,(H2,11,13)(H2,12,14);1H. The lowest BCUT2D eigenvalue weighted by Gasteiger charge is -2.01. The molecule has 0 atom stereocenters. The van der Waals surface area contributed by atoms with Gasteiger partial charge >= 0.3 is 0 Å². The molecule has 2 rings (SSSR count). The van der Waals surface area contributed by atoms with Crippen molar-refractivity contribution in [3.63, 3.8) is 0 Å². The Labute approximate surface area is 92.7 Å². The second-order valence-electron chi connectivity index (χ2n) is 3.00. The van der Waals surface area contributed by atoms with Gasteiger partial charge in [0.1, 0.15) is 5.82 Å². The molecule has 78 valence electrons. The van der Waals surface area contributed by atoms with Crippen LogP contribution in [0, 0.1) is 0 Å². The van der Waals surface area contributed by atoms with Crippen molar-refractivity contribution in [1.82, 2.24) is 4.98 Å². The summed E-state index contributed by atoms with van der Waals surface area (Å²) in [4.78, 5) is 14.8. The van der Waals surface area contributed by atoms with Gasteiger partial charge in [0.05, 0.1) is 0 Å². The van der Waals surface area contributed by atoms with Crippen LogP contribution >= 0.6 is 12.4 Å². The van der Waals surface area contributed by atoms with E-state index in [2.05, 4.69) is 4.98 Å². The quantitative estimate of drug-likeness (QED) is 0.765. The van der Waals surface area contributed by atoms with Crippen LogP contribution < -0.4 is 11.5 Å². The van der Waals surface area contributed by atoms with Crippen molar-refractivity contribution >= 4 is 34.9 Å². The number of benzene rings is 1. The number of halogens is 1. The van der Waals surface area contributed by atoms with E-state index in [0.29, 0.717) is 11.4 Å². The Morgan fingerprint density at radius 3 is 2.67 bits per heavy atom. The zero-order valence-corrected chi connectivity index (χ0v) is 8.62. The highest BCUT2D eigenvalue weighted by atomic mass is 35.5. The van der Waals surface area contributed by atoms with E-state index in [-0.39, 0.29) is 12.4 Å². The van der Waals surface area contributed by atoms with Crippen molar-refractivity contribution in [2.24, 2.45) is 5.73 Å². The van der Waals surface area contributed by atoms with Gasteiger partial charge in [-0.1, -0.05) is 0 Å². The number of nitrogens with two attached hydrogens (primary N) is 2. The predicted molar refractivity (Wildman–Crippen MR) is 61.9 cm³/mol. The number of hydrogen-bond acceptors (Lipinski definition) is 3. The highest BCUT2D eigenvalue weighted by Gasteiger charge is 2.03. The first kappa shape index (κ1) is 11.3. The monoisotopic (exact) mass is 223 g/mol. The van der Waals surface area contributed by atoms with Crippen molar-refractivity contribution in [3.05, 3.63) is 36.0 Å². The number of nitrogen functional groups attached to an aromatic ring is 1. The van der Waals surface area contributed by atoms with E-state index in [4.69, 9.17) is 11.5 Å². The highest BCUT2D eigenvalue weighted by Crippen LogP contribution is 2.19. The lowest BCUT2D eigenvalue weighted by molar-refractivity contribution is 0.100. The fraction of sp³-hybridized carbons (Fsp3) is 0. The van der Waals surface area contributed by atoms with E-state index < -0.39 is 5.91 Å². The van der Waals surface area contributed by atoms with Crippen molar-refractivity contribution < 1.29 is 4.79 Å². The van der Waals surface area contributed by atoms with Gasteiger partial charge in [-0.3, -0.25) is 4.79 Å². The molecule has 0 aliphatic rings. The maximum atomic E-state index is 10.9. The molecule has 1 amide bonds. The number of fused-ring (bicyclic) bond motifs is 1. The minimum Gasteiger partial charge on any atom is -0.383 e. The number of primary amides is 1. The molecule has 15 heavy (non-hydrogen) atoms. The summed E-state index contributed by atoms with van der Waals surface area (Å²) in [5, 5.41) is 1.70. The fourth-order valence-electron chi connectivity index (χ4n) is 1.35. The Morgan fingerprint density at radius 2 is 2.00 bits per heavy atom. The molecule has 0 aliphatic heterocycles. The van der Waals surface area contributed by atoms with Crippen LogP contribution in [0.3, 0.4) is 0 Å². The lowest BCUT2D eigenvalue weighted by Crippen LogP contribution is -2.10. The largest absolute Gasteiger partial charge is 0.383 e. The van der Waals surface area contributed by atoms with Crippen LogP contribution in [0.1, 0.15) is 10.4 Å². The van der Waals surface area contributed by atoms with Gasteiger partial charge in [0.2, 0.25) is 5.91 Å². The van der Waals surface area contributed by atoms with Crippen molar-refractivity contribution in [1.29, 1.82) is 0 Å². The average Bonchev–Trinajstić information content (AvgIpc) is 2.17. The third-order valence-corrected chi connectivity index (χ3v) is 2.08. The van der Waals surface area contributed by atoms with E-state index in [0.717, 1.165) is 10.8 Å². The molecule has 0 radical (unpaired) electrons. The lowest BCUT2D eigenvalue weighted by atomic mass is 10.1. The van der Waals surface area contributed by atoms with Gasteiger partial charge in [0.25, 0.3) is 0 Å². The molecule has 0 bridgehead atoms. The smallest absolute Gasteiger partial charge is 0.248 e. The Hall–Kier alpha value is -1.81. The number of carbonyl (C=O) groups is 1. The molecule has 0 fully saturated rings. The van der Waals surface area contributed by atoms with Gasteiger partial charge in [-0.25, -0.2) is 4.98 Å². The van der Waals surface area contributed by atoms with Gasteiger partial charge in [0.15, 0.2) is 0 Å². The molecule has 4 nitrogen and oxygen atoms in total. The second-order valence-corrected chi connectivity index (χ2v) is 3.00. The molecule has 2 aromatic rings. The first-order chi connectivity index (χ1) is 6.68. The molecule has 1 aromatic heterocycles. The molecule has 0 unspecified atom stereocenters. The summed E-state index contributed by atoms with van der Waals surface area (Å²) < 4.78 is 0. The number of aromatic nitrogens is 1. The number of anilines is 1. The zero-order valence-electron chi connectivity index (χ0n) is 7.81. The Kier molecular flexibility index (Phi) is 3.11. The zero-order chi connectivity index (χ0) is 10.1. The van der Waals surface area contributed by atoms with Crippen LogP contribution in [0.4, 0.5) is 5.82 Å². The predicted octanol–water partition coefficient (Wildman–Crippen LogP) is 1.34. The van der Waals surface area contributed by atoms with Crippen LogP contribution in [-0.2, 0) is 0 Å². The summed E-state index contributed by atoms with van der Waals surface area (Å²) in [5.74, 6) is 0.0146. The highest BCUT2D eigenvalue weighted by molar-refractivity contribution is 5.99. The molecule has 0 aliphatic carbocycles. The third kappa shape index (κ3) is 1.99. The van der Waals surface area contributed by atoms with Gasteiger partial charge in [-0.2, -0.15) is 0 Å². The number of carbonyl (C=O) groups excluding carboxylic acids is 1. The van der Waals surface area contributed by atoms with Gasteiger partial charge < -0.3 is 11.5 Å². The van der Waals surface area contributed by atoms with E-state index in [1.54, 1.807) is 30.5 Å². The Morgan fingerprint density at radius 1 is 1.27 bits per heavy atom. The number of amides is 1. The maximum Gasteiger partial charge on any atom is 0.248 e. The van der Waals surface area contributed by atoms with Crippen molar-refractivity contribution in [3.8, 4) is 0 Å². The van der Waals surface area contributed by atoms with E-state index >= 15 is 0 Å². The molecule has 0 saturated carbocycles. The maximum absolute atomic E-state index is 10.9. The van der Waals surface area contributed by atoms with Crippen molar-refractivity contribution in [2.75, 3.05) is 5.73 Å².